The molecule has 0 saturated heterocycles. The molecule has 0 aromatic rings. The van der Waals surface area contributed by atoms with Crippen LogP contribution in [-0.4, -0.2) is 23.5 Å². The van der Waals surface area contributed by atoms with Crippen LogP contribution in [0.15, 0.2) is 0 Å². The predicted octanol–water partition coefficient (Wildman–Crippen LogP) is 3.42. The van der Waals surface area contributed by atoms with E-state index in [4.69, 9.17) is 0 Å². The lowest BCUT2D eigenvalue weighted by molar-refractivity contribution is -0.697. The summed E-state index contributed by atoms with van der Waals surface area (Å²) in [6, 6.07) is 0. The molecule has 0 aliphatic heterocycles. The number of ketones is 1. The van der Waals surface area contributed by atoms with E-state index in [1.165, 1.54) is 84.0 Å². The molecule has 0 radical (unpaired) electrons. The lowest BCUT2D eigenvalue weighted by Crippen LogP contribution is -2.61. The highest BCUT2D eigenvalue weighted by molar-refractivity contribution is 5.84. The van der Waals surface area contributed by atoms with Gasteiger partial charge in [-0.15, -0.1) is 5.79 Å². The van der Waals surface area contributed by atoms with Crippen molar-refractivity contribution in [1.82, 2.24) is 24.6 Å². The Morgan fingerprint density at radius 3 is 1.03 bits per heavy atom. The van der Waals surface area contributed by atoms with Crippen molar-refractivity contribution in [2.24, 2.45) is 0 Å². The van der Waals surface area contributed by atoms with Gasteiger partial charge in [0.15, 0.2) is 0 Å². The van der Waals surface area contributed by atoms with Gasteiger partial charge < -0.3 is 59.4 Å². The van der Waals surface area contributed by atoms with Crippen molar-refractivity contribution >= 4 is 17.7 Å². The van der Waals surface area contributed by atoms with Crippen LogP contribution in [-0.2, 0) is 14.4 Å². The number of carbonyl (C=O) groups excluding carboxylic acids is 3. The smallest absolute Gasteiger partial charge is 0.105 e. The zero-order chi connectivity index (χ0) is 24.7. The molecule has 0 unspecified atom stereocenters. The van der Waals surface area contributed by atoms with Crippen LogP contribution < -0.4 is 45.0 Å². The second-order valence-electron chi connectivity index (χ2n) is 8.47. The van der Waals surface area contributed by atoms with Crippen molar-refractivity contribution in [2.75, 3.05) is 0 Å². The highest BCUT2D eigenvalue weighted by Crippen LogP contribution is 2.14. The Balaban J connectivity index is -0.000000162. The lowest BCUT2D eigenvalue weighted by Gasteiger charge is -2.46. The summed E-state index contributed by atoms with van der Waals surface area (Å²) in [7, 11) is 0. The summed E-state index contributed by atoms with van der Waals surface area (Å²) in [5.74, 6) is -5.99. The van der Waals surface area contributed by atoms with Gasteiger partial charge in [-0.25, -0.2) is 0 Å². The standard InChI is InChI=1S/C21H40O3.C4H6O4.4H3N/c1-3-5-6-7-8-9-10-11-12-13-14-15-16-17-18-19-20(22)21(23,24)4-2;5-3(6)1-2-4(7)8;;;;/h3-19H2,1-2H3;1-2H2,(H,5,6)(H,7,8);4*1H3/q-2;;;;;/p+2. The number of carboxylic acid groups (broad SMARTS) is 2. The number of unbranched alkanes of at least 4 members (excludes halogenated alkanes) is 14. The van der Waals surface area contributed by atoms with Crippen LogP contribution in [0.25, 0.3) is 0 Å². The average Bonchev–Trinajstić information content (AvgIpc) is 2.75. The van der Waals surface area contributed by atoms with Crippen LogP contribution in [0, 0.1) is 0 Å². The van der Waals surface area contributed by atoms with Crippen LogP contribution in [0.2, 0.25) is 0 Å². The zero-order valence-electron chi connectivity index (χ0n) is 24.3. The molecule has 16 N–H and O–H groups in total. The monoisotopic (exact) mass is 528 g/mol. The van der Waals surface area contributed by atoms with Crippen molar-refractivity contribution in [3.63, 3.8) is 0 Å². The third-order valence-corrected chi connectivity index (χ3v) is 5.43. The molecular weight excluding hydrogens is 468 g/mol. The van der Waals surface area contributed by atoms with Gasteiger partial charge in [-0.1, -0.05) is 110 Å². The van der Waals surface area contributed by atoms with Gasteiger partial charge in [0.05, 0.1) is 0 Å². The van der Waals surface area contributed by atoms with E-state index in [0.717, 1.165) is 12.8 Å². The van der Waals surface area contributed by atoms with E-state index in [0.29, 0.717) is 6.42 Å². The quantitative estimate of drug-likeness (QED) is 0.127. The molecule has 0 aromatic heterocycles. The van der Waals surface area contributed by atoms with Crippen molar-refractivity contribution in [1.29, 1.82) is 0 Å². The first kappa shape index (κ1) is 47.6. The number of carboxylic acids is 2. The Hall–Kier alpha value is -1.63. The molecule has 0 aromatic carbocycles. The maximum absolute atomic E-state index is 11.4. The summed E-state index contributed by atoms with van der Waals surface area (Å²) in [4.78, 5) is 30.4. The first-order chi connectivity index (χ1) is 15.2. The number of hydrogen-bond acceptors (Lipinski definition) is 7. The van der Waals surface area contributed by atoms with Gasteiger partial charge in [0, 0.05) is 18.4 Å². The van der Waals surface area contributed by atoms with E-state index in [1.807, 2.05) is 0 Å². The number of rotatable bonds is 21. The third-order valence-electron chi connectivity index (χ3n) is 5.43. The van der Waals surface area contributed by atoms with Crippen LogP contribution in [0.3, 0.4) is 0 Å². The largest absolute Gasteiger partial charge is 0.857 e. The molecule has 36 heavy (non-hydrogen) atoms. The fourth-order valence-corrected chi connectivity index (χ4v) is 3.25. The molecule has 0 aliphatic rings. The molecule has 11 heteroatoms. The van der Waals surface area contributed by atoms with E-state index in [-0.39, 0.29) is 37.4 Å². The average molecular weight is 529 g/mol. The number of quaternary nitrogens is 4. The minimum atomic E-state index is -2.60. The number of hydrogen-bond donors (Lipinski definition) is 4. The van der Waals surface area contributed by atoms with E-state index in [2.05, 4.69) is 6.92 Å². The maximum Gasteiger partial charge on any atom is 0.105 e. The SMILES string of the molecule is CCCCCCCCCCCCCCCCCC(=O)C([O-])([O-])CC.O=C([O-])CCC(=O)[O-].[NH4+].[NH4+].[NH4+].[NH4+]. The van der Waals surface area contributed by atoms with Gasteiger partial charge in [0.2, 0.25) is 0 Å². The summed E-state index contributed by atoms with van der Waals surface area (Å²) in [6.45, 7) is 3.75. The van der Waals surface area contributed by atoms with Crippen LogP contribution in [0.5, 0.6) is 0 Å². The minimum absolute atomic E-state index is 0. The van der Waals surface area contributed by atoms with Crippen molar-refractivity contribution in [3.8, 4) is 0 Å². The molecule has 0 aliphatic carbocycles. The zero-order valence-corrected chi connectivity index (χ0v) is 24.3. The lowest BCUT2D eigenvalue weighted by atomic mass is 10.0. The predicted molar refractivity (Wildman–Crippen MR) is 141 cm³/mol. The molecule has 0 bridgehead atoms. The normalized spacial score (nSPS) is 9.78. The Morgan fingerprint density at radius 2 is 0.778 bits per heavy atom. The number of aliphatic carboxylic acids is 2. The summed E-state index contributed by atoms with van der Waals surface area (Å²) >= 11 is 0. The van der Waals surface area contributed by atoms with Crippen LogP contribution >= 0.6 is 0 Å². The van der Waals surface area contributed by atoms with E-state index < -0.39 is 36.4 Å². The van der Waals surface area contributed by atoms with E-state index in [9.17, 15) is 34.8 Å². The number of Topliss-reactive ketones (excluding diaryl/α,β-unsaturated/α-hetero) is 1. The Morgan fingerprint density at radius 1 is 0.500 bits per heavy atom. The second-order valence-corrected chi connectivity index (χ2v) is 8.47. The first-order valence-electron chi connectivity index (χ1n) is 12.5. The summed E-state index contributed by atoms with van der Waals surface area (Å²) in [6.07, 6.45) is 18.1. The molecule has 0 heterocycles. The van der Waals surface area contributed by atoms with Gasteiger partial charge >= 0.3 is 0 Å². The second kappa shape index (κ2) is 33.4. The maximum atomic E-state index is 11.4. The van der Waals surface area contributed by atoms with E-state index in [1.54, 1.807) is 0 Å². The van der Waals surface area contributed by atoms with E-state index >= 15 is 0 Å². The third kappa shape index (κ3) is 36.9. The Labute approximate surface area is 219 Å². The summed E-state index contributed by atoms with van der Waals surface area (Å²) in [5.41, 5.74) is 0. The van der Waals surface area contributed by atoms with Crippen molar-refractivity contribution in [2.45, 2.75) is 142 Å². The highest BCUT2D eigenvalue weighted by Gasteiger charge is 2.09. The topological polar surface area (TPSA) is 289 Å². The molecule has 0 fully saturated rings. The first-order valence-corrected chi connectivity index (χ1v) is 12.5. The fourth-order valence-electron chi connectivity index (χ4n) is 3.25. The minimum Gasteiger partial charge on any atom is -0.857 e. The van der Waals surface area contributed by atoms with Crippen molar-refractivity contribution < 1.29 is 34.8 Å². The Kier molecular flexibility index (Phi) is 44.1. The molecule has 0 saturated carbocycles. The summed E-state index contributed by atoms with van der Waals surface area (Å²) < 4.78 is 0. The highest BCUT2D eigenvalue weighted by atomic mass is 16.5. The molecule has 0 atom stereocenters. The van der Waals surface area contributed by atoms with Crippen LogP contribution in [0.4, 0.5) is 0 Å². The van der Waals surface area contributed by atoms with Gasteiger partial charge in [-0.2, -0.15) is 0 Å². The van der Waals surface area contributed by atoms with Gasteiger partial charge in [0.1, 0.15) is 5.78 Å². The number of carbonyl (C=O) groups is 3. The molecular formula is C25H60N4O7. The molecule has 0 rings (SSSR count). The fraction of sp³-hybridized carbons (Fsp3) is 0.880. The van der Waals surface area contributed by atoms with Crippen LogP contribution in [0.1, 0.15) is 136 Å². The molecule has 0 spiro atoms. The van der Waals surface area contributed by atoms with Gasteiger partial charge in [-0.05, 0) is 19.3 Å². The summed E-state index contributed by atoms with van der Waals surface area (Å²) in [5, 5.41) is 41.5. The van der Waals surface area contributed by atoms with Crippen molar-refractivity contribution in [3.05, 3.63) is 0 Å². The molecule has 0 amide bonds. The molecule has 11 nitrogen and oxygen atoms in total. The van der Waals surface area contributed by atoms with Gasteiger partial charge in [-0.3, -0.25) is 0 Å². The molecule has 222 valence electrons. The Bertz CT molecular complexity index is 479. The van der Waals surface area contributed by atoms with Gasteiger partial charge in [0.25, 0.3) is 0 Å².